The Bertz CT molecular complexity index is 95.0. The van der Waals surface area contributed by atoms with E-state index in [9.17, 15) is 0 Å². The number of rotatable bonds is 3. The molecule has 1 fully saturated rings. The topological polar surface area (TPSA) is 9.23 Å². The van der Waals surface area contributed by atoms with Gasteiger partial charge in [-0.1, -0.05) is 20.3 Å². The first-order valence-corrected chi connectivity index (χ1v) is 4.90. The van der Waals surface area contributed by atoms with E-state index in [-0.39, 0.29) is 0 Å². The molecule has 11 heavy (non-hydrogen) atoms. The van der Waals surface area contributed by atoms with Crippen molar-refractivity contribution in [2.75, 3.05) is 13.2 Å². The van der Waals surface area contributed by atoms with Crippen LogP contribution in [0.3, 0.4) is 0 Å². The van der Waals surface area contributed by atoms with Gasteiger partial charge in [0, 0.05) is 13.2 Å². The molecule has 66 valence electrons. The predicted octanol–water partition coefficient (Wildman–Crippen LogP) is 2.85. The molecule has 1 unspecified atom stereocenters. The highest BCUT2D eigenvalue weighted by molar-refractivity contribution is 4.65. The normalized spacial score (nSPS) is 23.5. The quantitative estimate of drug-likeness (QED) is 0.610. The maximum Gasteiger partial charge on any atom is 0.0468 e. The van der Waals surface area contributed by atoms with Gasteiger partial charge in [0.15, 0.2) is 0 Å². The molecule has 1 nitrogen and oxygen atoms in total. The summed E-state index contributed by atoms with van der Waals surface area (Å²) in [5.74, 6) is 1.87. The van der Waals surface area contributed by atoms with Crippen LogP contribution in [0.4, 0.5) is 0 Å². The lowest BCUT2D eigenvalue weighted by atomic mass is 9.89. The SMILES string of the molecule is CCC(C)CC1CCOCC1. The van der Waals surface area contributed by atoms with E-state index < -0.39 is 0 Å². The predicted molar refractivity (Wildman–Crippen MR) is 47.6 cm³/mol. The lowest BCUT2D eigenvalue weighted by Gasteiger charge is -2.24. The van der Waals surface area contributed by atoms with Crippen LogP contribution >= 0.6 is 0 Å². The van der Waals surface area contributed by atoms with Crippen molar-refractivity contribution in [3.05, 3.63) is 0 Å². The minimum Gasteiger partial charge on any atom is -0.381 e. The third kappa shape index (κ3) is 3.24. The lowest BCUT2D eigenvalue weighted by molar-refractivity contribution is 0.0592. The molecule has 0 spiro atoms. The zero-order chi connectivity index (χ0) is 8.10. The molecule has 0 saturated carbocycles. The van der Waals surface area contributed by atoms with E-state index in [0.29, 0.717) is 0 Å². The maximum atomic E-state index is 5.31. The van der Waals surface area contributed by atoms with Crippen LogP contribution in [0.15, 0.2) is 0 Å². The molecule has 0 aromatic heterocycles. The summed E-state index contributed by atoms with van der Waals surface area (Å²) in [7, 11) is 0. The smallest absolute Gasteiger partial charge is 0.0468 e. The van der Waals surface area contributed by atoms with Crippen molar-refractivity contribution in [1.82, 2.24) is 0 Å². The molecule has 0 N–H and O–H groups in total. The van der Waals surface area contributed by atoms with Crippen molar-refractivity contribution in [3.8, 4) is 0 Å². The van der Waals surface area contributed by atoms with Crippen LogP contribution in [0.2, 0.25) is 0 Å². The van der Waals surface area contributed by atoms with Crippen LogP contribution in [-0.4, -0.2) is 13.2 Å². The van der Waals surface area contributed by atoms with Gasteiger partial charge in [-0.15, -0.1) is 0 Å². The second-order valence-corrected chi connectivity index (χ2v) is 3.80. The van der Waals surface area contributed by atoms with Gasteiger partial charge < -0.3 is 4.74 Å². The molecular formula is C10H20O. The zero-order valence-corrected chi connectivity index (χ0v) is 7.81. The Kier molecular flexibility index (Phi) is 3.92. The molecule has 1 saturated heterocycles. The first kappa shape index (κ1) is 9.05. The van der Waals surface area contributed by atoms with Gasteiger partial charge in [0.1, 0.15) is 0 Å². The van der Waals surface area contributed by atoms with E-state index >= 15 is 0 Å². The van der Waals surface area contributed by atoms with Gasteiger partial charge in [-0.25, -0.2) is 0 Å². The van der Waals surface area contributed by atoms with E-state index in [1.54, 1.807) is 0 Å². The van der Waals surface area contributed by atoms with Gasteiger partial charge in [0.2, 0.25) is 0 Å². The van der Waals surface area contributed by atoms with Gasteiger partial charge in [0.05, 0.1) is 0 Å². The number of hydrogen-bond acceptors (Lipinski definition) is 1. The summed E-state index contributed by atoms with van der Waals surface area (Å²) < 4.78 is 5.31. The van der Waals surface area contributed by atoms with E-state index in [2.05, 4.69) is 13.8 Å². The third-order valence-corrected chi connectivity index (χ3v) is 2.77. The third-order valence-electron chi connectivity index (χ3n) is 2.77. The largest absolute Gasteiger partial charge is 0.381 e. The van der Waals surface area contributed by atoms with Crippen LogP contribution in [-0.2, 0) is 4.74 Å². The first-order chi connectivity index (χ1) is 5.33. The molecular weight excluding hydrogens is 136 g/mol. The Hall–Kier alpha value is -0.0400. The summed E-state index contributed by atoms with van der Waals surface area (Å²) in [6.07, 6.45) is 5.34. The fourth-order valence-electron chi connectivity index (χ4n) is 1.72. The fourth-order valence-corrected chi connectivity index (χ4v) is 1.72. The number of hydrogen-bond donors (Lipinski definition) is 0. The highest BCUT2D eigenvalue weighted by atomic mass is 16.5. The van der Waals surface area contributed by atoms with Gasteiger partial charge in [0.25, 0.3) is 0 Å². The molecule has 0 bridgehead atoms. The summed E-state index contributed by atoms with van der Waals surface area (Å²) in [5.41, 5.74) is 0. The molecule has 0 aromatic rings. The van der Waals surface area contributed by atoms with E-state index in [1.807, 2.05) is 0 Å². The second-order valence-electron chi connectivity index (χ2n) is 3.80. The van der Waals surface area contributed by atoms with Crippen LogP contribution in [0, 0.1) is 11.8 Å². The van der Waals surface area contributed by atoms with Gasteiger partial charge in [-0.05, 0) is 31.1 Å². The van der Waals surface area contributed by atoms with Crippen molar-refractivity contribution in [2.24, 2.45) is 11.8 Å². The monoisotopic (exact) mass is 156 g/mol. The summed E-state index contributed by atoms with van der Waals surface area (Å²) in [6, 6.07) is 0. The second kappa shape index (κ2) is 4.76. The highest BCUT2D eigenvalue weighted by Crippen LogP contribution is 2.23. The average molecular weight is 156 g/mol. The first-order valence-electron chi connectivity index (χ1n) is 4.90. The molecule has 1 atom stereocenters. The molecule has 0 aromatic carbocycles. The van der Waals surface area contributed by atoms with Gasteiger partial charge >= 0.3 is 0 Å². The molecule has 0 amide bonds. The fraction of sp³-hybridized carbons (Fsp3) is 1.00. The Morgan fingerprint density at radius 2 is 2.00 bits per heavy atom. The maximum absolute atomic E-state index is 5.31. The zero-order valence-electron chi connectivity index (χ0n) is 7.81. The van der Waals surface area contributed by atoms with Crippen molar-refractivity contribution in [1.29, 1.82) is 0 Å². The standard InChI is InChI=1S/C10H20O/c1-3-9(2)8-10-4-6-11-7-5-10/h9-10H,3-8H2,1-2H3. The molecule has 0 aliphatic carbocycles. The van der Waals surface area contributed by atoms with Crippen LogP contribution in [0.25, 0.3) is 0 Å². The molecule has 0 radical (unpaired) electrons. The average Bonchev–Trinajstić information content (AvgIpc) is 2.06. The number of ether oxygens (including phenoxy) is 1. The van der Waals surface area contributed by atoms with E-state index in [1.165, 1.54) is 25.7 Å². The summed E-state index contributed by atoms with van der Waals surface area (Å²) in [5, 5.41) is 0. The summed E-state index contributed by atoms with van der Waals surface area (Å²) in [6.45, 7) is 6.64. The van der Waals surface area contributed by atoms with Crippen LogP contribution in [0.5, 0.6) is 0 Å². The van der Waals surface area contributed by atoms with Crippen molar-refractivity contribution in [3.63, 3.8) is 0 Å². The van der Waals surface area contributed by atoms with Gasteiger partial charge in [-0.3, -0.25) is 0 Å². The highest BCUT2D eigenvalue weighted by Gasteiger charge is 2.15. The summed E-state index contributed by atoms with van der Waals surface area (Å²) in [4.78, 5) is 0. The molecule has 1 heterocycles. The van der Waals surface area contributed by atoms with E-state index in [4.69, 9.17) is 4.74 Å². The summed E-state index contributed by atoms with van der Waals surface area (Å²) >= 11 is 0. The Morgan fingerprint density at radius 3 is 2.55 bits per heavy atom. The van der Waals surface area contributed by atoms with E-state index in [0.717, 1.165) is 25.0 Å². The van der Waals surface area contributed by atoms with Crippen molar-refractivity contribution < 1.29 is 4.74 Å². The molecule has 1 rings (SSSR count). The van der Waals surface area contributed by atoms with Gasteiger partial charge in [-0.2, -0.15) is 0 Å². The Labute approximate surface area is 70.1 Å². The minimum absolute atomic E-state index is 0.915. The molecule has 1 heteroatoms. The van der Waals surface area contributed by atoms with Crippen molar-refractivity contribution in [2.45, 2.75) is 39.5 Å². The molecule has 1 aliphatic rings. The van der Waals surface area contributed by atoms with Crippen molar-refractivity contribution >= 4 is 0 Å². The van der Waals surface area contributed by atoms with Crippen LogP contribution in [0.1, 0.15) is 39.5 Å². The molecule has 1 aliphatic heterocycles. The Morgan fingerprint density at radius 1 is 1.36 bits per heavy atom. The minimum atomic E-state index is 0.915. The van der Waals surface area contributed by atoms with Crippen LogP contribution < -0.4 is 0 Å². The lowest BCUT2D eigenvalue weighted by Crippen LogP contribution is -2.17. The Balaban J connectivity index is 2.13.